The quantitative estimate of drug-likeness (QED) is 0.387. The number of para-hydroxylation sites is 1. The molecule has 0 bridgehead atoms. The van der Waals surface area contributed by atoms with Gasteiger partial charge in [-0.3, -0.25) is 14.9 Å². The molecule has 1 amide bonds. The lowest BCUT2D eigenvalue weighted by molar-refractivity contribution is -0.384. The van der Waals surface area contributed by atoms with E-state index >= 15 is 0 Å². The topological polar surface area (TPSA) is 81.9 Å². The zero-order valence-electron chi connectivity index (χ0n) is 16.0. The predicted octanol–water partition coefficient (Wildman–Crippen LogP) is 4.20. The highest BCUT2D eigenvalue weighted by molar-refractivity contribution is 6.00. The molecule has 28 heavy (non-hydrogen) atoms. The second kappa shape index (κ2) is 8.73. The Morgan fingerprint density at radius 3 is 2.61 bits per heavy atom. The highest BCUT2D eigenvalue weighted by Gasteiger charge is 2.36. The first kappa shape index (κ1) is 19.7. The van der Waals surface area contributed by atoms with Crippen LogP contribution in [0.5, 0.6) is 11.5 Å². The number of carbonyl (C=O) groups is 1. The van der Waals surface area contributed by atoms with Crippen LogP contribution in [0.4, 0.5) is 11.4 Å². The molecule has 7 heteroatoms. The third-order valence-corrected chi connectivity index (χ3v) is 4.60. The van der Waals surface area contributed by atoms with E-state index in [-0.39, 0.29) is 17.5 Å². The third kappa shape index (κ3) is 4.42. The number of nitro benzene ring substituents is 1. The van der Waals surface area contributed by atoms with E-state index in [1.807, 2.05) is 44.2 Å². The molecule has 3 rings (SSSR count). The lowest BCUT2D eigenvalue weighted by Gasteiger charge is -2.35. The largest absolute Gasteiger partial charge is 0.494 e. The summed E-state index contributed by atoms with van der Waals surface area (Å²) in [5.74, 6) is 1.15. The number of unbranched alkanes of at least 4 members (excludes halogenated alkanes) is 1. The molecule has 0 N–H and O–H groups in total. The van der Waals surface area contributed by atoms with Crippen LogP contribution in [0.25, 0.3) is 0 Å². The van der Waals surface area contributed by atoms with E-state index < -0.39 is 11.0 Å². The molecule has 0 aliphatic carbocycles. The molecule has 1 atom stereocenters. The van der Waals surface area contributed by atoms with Crippen molar-refractivity contribution in [1.29, 1.82) is 0 Å². The molecule has 0 saturated heterocycles. The van der Waals surface area contributed by atoms with Gasteiger partial charge >= 0.3 is 0 Å². The molecule has 0 aromatic heterocycles. The van der Waals surface area contributed by atoms with Crippen molar-refractivity contribution in [1.82, 2.24) is 0 Å². The van der Waals surface area contributed by atoms with Crippen LogP contribution in [0.15, 0.2) is 48.5 Å². The number of hydrogen-bond donors (Lipinski definition) is 0. The third-order valence-electron chi connectivity index (χ3n) is 4.60. The van der Waals surface area contributed by atoms with Gasteiger partial charge in [0.2, 0.25) is 0 Å². The number of benzene rings is 2. The highest BCUT2D eigenvalue weighted by atomic mass is 16.6. The maximum Gasteiger partial charge on any atom is 0.271 e. The first-order valence-electron chi connectivity index (χ1n) is 9.41. The maximum absolute atomic E-state index is 12.9. The summed E-state index contributed by atoms with van der Waals surface area (Å²) < 4.78 is 11.5. The predicted molar refractivity (Wildman–Crippen MR) is 106 cm³/mol. The Morgan fingerprint density at radius 1 is 1.18 bits per heavy atom. The Morgan fingerprint density at radius 2 is 1.93 bits per heavy atom. The highest BCUT2D eigenvalue weighted by Crippen LogP contribution is 2.38. The van der Waals surface area contributed by atoms with Crippen LogP contribution >= 0.6 is 0 Å². The van der Waals surface area contributed by atoms with Crippen molar-refractivity contribution in [3.05, 3.63) is 58.6 Å². The van der Waals surface area contributed by atoms with E-state index in [0.717, 1.165) is 12.2 Å². The molecule has 1 aliphatic rings. The summed E-state index contributed by atoms with van der Waals surface area (Å²) in [4.78, 5) is 25.2. The lowest BCUT2D eigenvalue weighted by Crippen LogP contribution is -2.48. The molecule has 1 aliphatic heterocycles. The number of ether oxygens (including phenoxy) is 2. The molecule has 1 unspecified atom stereocenters. The number of hydrogen-bond acceptors (Lipinski definition) is 5. The number of amides is 1. The van der Waals surface area contributed by atoms with Crippen molar-refractivity contribution < 1.29 is 19.2 Å². The minimum Gasteiger partial charge on any atom is -0.494 e. The fraction of sp³-hybridized carbons (Fsp3) is 0.381. The van der Waals surface area contributed by atoms with E-state index in [0.29, 0.717) is 31.0 Å². The minimum absolute atomic E-state index is 0.000226. The Hall–Kier alpha value is -3.09. The fourth-order valence-corrected chi connectivity index (χ4v) is 3.12. The van der Waals surface area contributed by atoms with Gasteiger partial charge in [-0.15, -0.1) is 0 Å². The first-order chi connectivity index (χ1) is 13.5. The zero-order chi connectivity index (χ0) is 20.1. The molecule has 2 aromatic carbocycles. The van der Waals surface area contributed by atoms with Crippen LogP contribution in [0.2, 0.25) is 0 Å². The maximum atomic E-state index is 12.9. The van der Waals surface area contributed by atoms with Gasteiger partial charge in [-0.05, 0) is 37.0 Å². The molecule has 148 valence electrons. The molecule has 0 spiro atoms. The normalized spacial score (nSPS) is 15.9. The number of nitrogens with zero attached hydrogens (tertiary/aromatic N) is 2. The van der Waals surface area contributed by atoms with Crippen molar-refractivity contribution >= 4 is 17.3 Å². The molecular weight excluding hydrogens is 360 g/mol. The standard InChI is InChI=1S/C21H24N2O5/c1-15(2)20-21(24)22(12-6-7-13-27-17-8-4-3-5-9-17)18-14-16(23(25)26)10-11-19(18)28-20/h3-5,8-11,14-15,20H,6-7,12-13H2,1-2H3. The lowest BCUT2D eigenvalue weighted by atomic mass is 10.0. The van der Waals surface area contributed by atoms with Crippen LogP contribution in [0.1, 0.15) is 26.7 Å². The first-order valence-corrected chi connectivity index (χ1v) is 9.41. The zero-order valence-corrected chi connectivity index (χ0v) is 16.0. The Kier molecular flexibility index (Phi) is 6.13. The van der Waals surface area contributed by atoms with Gasteiger partial charge in [0.25, 0.3) is 11.6 Å². The Balaban J connectivity index is 1.68. The summed E-state index contributed by atoms with van der Waals surface area (Å²) in [5.41, 5.74) is 0.399. The smallest absolute Gasteiger partial charge is 0.271 e. The van der Waals surface area contributed by atoms with Gasteiger partial charge in [0, 0.05) is 18.7 Å². The summed E-state index contributed by atoms with van der Waals surface area (Å²) in [5, 5.41) is 11.1. The number of fused-ring (bicyclic) bond motifs is 1. The van der Waals surface area contributed by atoms with Crippen molar-refractivity contribution in [3.8, 4) is 11.5 Å². The van der Waals surface area contributed by atoms with E-state index in [2.05, 4.69) is 0 Å². The van der Waals surface area contributed by atoms with Crippen molar-refractivity contribution in [2.45, 2.75) is 32.8 Å². The molecule has 0 saturated carbocycles. The molecule has 0 radical (unpaired) electrons. The van der Waals surface area contributed by atoms with Gasteiger partial charge < -0.3 is 14.4 Å². The summed E-state index contributed by atoms with van der Waals surface area (Å²) in [6.07, 6.45) is 0.885. The average molecular weight is 384 g/mol. The average Bonchev–Trinajstić information content (AvgIpc) is 2.69. The number of anilines is 1. The van der Waals surface area contributed by atoms with Crippen LogP contribution < -0.4 is 14.4 Å². The van der Waals surface area contributed by atoms with Gasteiger partial charge in [0.15, 0.2) is 6.10 Å². The van der Waals surface area contributed by atoms with Crippen LogP contribution in [0.3, 0.4) is 0 Å². The molecular formula is C21H24N2O5. The van der Waals surface area contributed by atoms with E-state index in [1.165, 1.54) is 12.1 Å². The summed E-state index contributed by atoms with van der Waals surface area (Å²) >= 11 is 0. The van der Waals surface area contributed by atoms with Crippen LogP contribution in [-0.4, -0.2) is 30.1 Å². The number of non-ortho nitro benzene ring substituents is 1. The fourth-order valence-electron chi connectivity index (χ4n) is 3.12. The van der Waals surface area contributed by atoms with Crippen molar-refractivity contribution in [2.75, 3.05) is 18.1 Å². The van der Waals surface area contributed by atoms with Gasteiger partial charge in [0.1, 0.15) is 11.5 Å². The number of nitro groups is 1. The summed E-state index contributed by atoms with van der Waals surface area (Å²) in [6, 6.07) is 13.9. The second-order valence-corrected chi connectivity index (χ2v) is 7.05. The van der Waals surface area contributed by atoms with Gasteiger partial charge in [-0.25, -0.2) is 0 Å². The van der Waals surface area contributed by atoms with Crippen molar-refractivity contribution in [3.63, 3.8) is 0 Å². The Bertz CT molecular complexity index is 838. The summed E-state index contributed by atoms with van der Waals surface area (Å²) in [7, 11) is 0. The van der Waals surface area contributed by atoms with Gasteiger partial charge in [0.05, 0.1) is 17.2 Å². The number of rotatable bonds is 8. The molecule has 2 aromatic rings. The minimum atomic E-state index is -0.588. The SMILES string of the molecule is CC(C)C1Oc2ccc([N+](=O)[O-])cc2N(CCCCOc2ccccc2)C1=O. The van der Waals surface area contributed by atoms with E-state index in [1.54, 1.807) is 11.0 Å². The van der Waals surface area contributed by atoms with E-state index in [9.17, 15) is 14.9 Å². The Labute approximate surface area is 164 Å². The number of carbonyl (C=O) groups excluding carboxylic acids is 1. The van der Waals surface area contributed by atoms with Crippen LogP contribution in [0, 0.1) is 16.0 Å². The van der Waals surface area contributed by atoms with E-state index in [4.69, 9.17) is 9.47 Å². The van der Waals surface area contributed by atoms with Crippen LogP contribution in [-0.2, 0) is 4.79 Å². The molecule has 0 fully saturated rings. The second-order valence-electron chi connectivity index (χ2n) is 7.05. The summed E-state index contributed by atoms with van der Waals surface area (Å²) in [6.45, 7) is 4.84. The van der Waals surface area contributed by atoms with Crippen molar-refractivity contribution in [2.24, 2.45) is 5.92 Å². The monoisotopic (exact) mass is 384 g/mol. The van der Waals surface area contributed by atoms with Gasteiger partial charge in [-0.2, -0.15) is 0 Å². The molecule has 1 heterocycles. The molecule has 7 nitrogen and oxygen atoms in total. The van der Waals surface area contributed by atoms with Gasteiger partial charge in [-0.1, -0.05) is 32.0 Å².